The Bertz CT molecular complexity index is 1480. The van der Waals surface area contributed by atoms with E-state index in [4.69, 9.17) is 33.3 Å². The van der Waals surface area contributed by atoms with Crippen molar-refractivity contribution in [3.63, 3.8) is 0 Å². The van der Waals surface area contributed by atoms with Crippen LogP contribution in [0.4, 0.5) is 15.8 Å². The van der Waals surface area contributed by atoms with Crippen LogP contribution in [0, 0.1) is 5.82 Å². The molecule has 1 saturated heterocycles. The van der Waals surface area contributed by atoms with Crippen molar-refractivity contribution in [3.05, 3.63) is 88.2 Å². The van der Waals surface area contributed by atoms with Crippen LogP contribution >= 0.6 is 23.8 Å². The van der Waals surface area contributed by atoms with Gasteiger partial charge in [-0.2, -0.15) is 0 Å². The number of halogens is 2. The predicted octanol–water partition coefficient (Wildman–Crippen LogP) is 4.90. The lowest BCUT2D eigenvalue weighted by Gasteiger charge is -2.29. The lowest BCUT2D eigenvalue weighted by atomic mass is 10.1. The Balaban J connectivity index is 1.54. The van der Waals surface area contributed by atoms with Crippen LogP contribution in [-0.4, -0.2) is 36.6 Å². The van der Waals surface area contributed by atoms with E-state index in [1.54, 1.807) is 12.1 Å². The number of methoxy groups -OCH3 is 1. The summed E-state index contributed by atoms with van der Waals surface area (Å²) in [6.45, 7) is 1.61. The van der Waals surface area contributed by atoms with Crippen LogP contribution in [0.25, 0.3) is 6.08 Å². The van der Waals surface area contributed by atoms with Crippen molar-refractivity contribution in [2.75, 3.05) is 23.9 Å². The molecule has 0 saturated carbocycles. The maximum Gasteiger partial charge on any atom is 0.270 e. The number of hydrogen-bond donors (Lipinski definition) is 2. The van der Waals surface area contributed by atoms with Gasteiger partial charge in [0.15, 0.2) is 23.2 Å². The summed E-state index contributed by atoms with van der Waals surface area (Å²) in [6.07, 6.45) is 2.20. The number of ether oxygens (including phenoxy) is 2. The number of carbonyl (C=O) groups is 3. The molecule has 4 rings (SSSR count). The first-order valence-electron chi connectivity index (χ1n) is 11.8. The van der Waals surface area contributed by atoms with Gasteiger partial charge >= 0.3 is 0 Å². The zero-order chi connectivity index (χ0) is 28.1. The fourth-order valence-corrected chi connectivity index (χ4v) is 4.33. The Morgan fingerprint density at radius 3 is 2.46 bits per heavy atom. The minimum Gasteiger partial charge on any atom is -0.493 e. The number of amides is 3. The molecule has 3 aromatic rings. The van der Waals surface area contributed by atoms with Crippen LogP contribution in [0.1, 0.15) is 18.1 Å². The molecule has 3 aromatic carbocycles. The SMILES string of the molecule is CCc1ccc(N2C(=O)/C(=C/c3cc(Cl)c(OCC(=O)Nc4ccc(F)cc4)c(OC)c3)C(=O)NC2=S)cc1. The van der Waals surface area contributed by atoms with Crippen LogP contribution in [0.15, 0.2) is 66.2 Å². The number of nitrogens with one attached hydrogen (secondary N) is 2. The number of carbonyl (C=O) groups excluding carboxylic acids is 3. The van der Waals surface area contributed by atoms with Gasteiger partial charge < -0.3 is 14.8 Å². The lowest BCUT2D eigenvalue weighted by Crippen LogP contribution is -2.54. The summed E-state index contributed by atoms with van der Waals surface area (Å²) in [4.78, 5) is 39.5. The van der Waals surface area contributed by atoms with E-state index in [1.807, 2.05) is 19.1 Å². The van der Waals surface area contributed by atoms with Gasteiger partial charge in [-0.3, -0.25) is 24.6 Å². The van der Waals surface area contributed by atoms with Crippen molar-refractivity contribution in [1.82, 2.24) is 5.32 Å². The van der Waals surface area contributed by atoms with E-state index in [2.05, 4.69) is 10.6 Å². The average Bonchev–Trinajstić information content (AvgIpc) is 2.91. The quantitative estimate of drug-likeness (QED) is 0.228. The van der Waals surface area contributed by atoms with Gasteiger partial charge in [0.2, 0.25) is 0 Å². The van der Waals surface area contributed by atoms with Gasteiger partial charge in [-0.25, -0.2) is 4.39 Å². The summed E-state index contributed by atoms with van der Waals surface area (Å²) in [7, 11) is 1.38. The van der Waals surface area contributed by atoms with Gasteiger partial charge in [0.05, 0.1) is 17.8 Å². The molecule has 0 unspecified atom stereocenters. The van der Waals surface area contributed by atoms with E-state index in [-0.39, 0.29) is 27.2 Å². The highest BCUT2D eigenvalue weighted by molar-refractivity contribution is 7.80. The van der Waals surface area contributed by atoms with E-state index < -0.39 is 30.1 Å². The largest absolute Gasteiger partial charge is 0.493 e. The van der Waals surface area contributed by atoms with Crippen molar-refractivity contribution in [1.29, 1.82) is 0 Å². The summed E-state index contributed by atoms with van der Waals surface area (Å²) in [5, 5.41) is 5.18. The number of benzene rings is 3. The molecule has 2 N–H and O–H groups in total. The Morgan fingerprint density at radius 2 is 1.82 bits per heavy atom. The predicted molar refractivity (Wildman–Crippen MR) is 151 cm³/mol. The molecule has 3 amide bonds. The minimum atomic E-state index is -0.653. The second-order valence-corrected chi connectivity index (χ2v) is 9.15. The average molecular weight is 568 g/mol. The van der Waals surface area contributed by atoms with Crippen LogP contribution in [0.3, 0.4) is 0 Å². The molecule has 200 valence electrons. The van der Waals surface area contributed by atoms with Crippen molar-refractivity contribution < 1.29 is 28.2 Å². The molecule has 1 aliphatic heterocycles. The van der Waals surface area contributed by atoms with Gasteiger partial charge in [-0.1, -0.05) is 30.7 Å². The van der Waals surface area contributed by atoms with Gasteiger partial charge in [0.25, 0.3) is 17.7 Å². The zero-order valence-electron chi connectivity index (χ0n) is 20.9. The Labute approximate surface area is 234 Å². The molecular formula is C28H23ClFN3O5S. The van der Waals surface area contributed by atoms with E-state index >= 15 is 0 Å². The van der Waals surface area contributed by atoms with Crippen molar-refractivity contribution in [2.45, 2.75) is 13.3 Å². The first kappa shape index (κ1) is 27.7. The fourth-order valence-electron chi connectivity index (χ4n) is 3.77. The molecule has 0 aromatic heterocycles. The molecule has 1 aliphatic rings. The van der Waals surface area contributed by atoms with E-state index in [0.29, 0.717) is 16.9 Å². The third-order valence-corrected chi connectivity index (χ3v) is 6.31. The Hall–Kier alpha value is -4.28. The van der Waals surface area contributed by atoms with Crippen LogP contribution in [0.2, 0.25) is 5.02 Å². The number of thiocarbonyl (C=S) groups is 1. The normalized spacial score (nSPS) is 14.3. The molecule has 0 radical (unpaired) electrons. The molecule has 0 atom stereocenters. The number of rotatable bonds is 8. The molecule has 1 heterocycles. The number of anilines is 2. The first-order chi connectivity index (χ1) is 18.7. The fraction of sp³-hybridized carbons (Fsp3) is 0.143. The molecule has 0 bridgehead atoms. The van der Waals surface area contributed by atoms with Crippen molar-refractivity contribution in [2.24, 2.45) is 0 Å². The number of nitrogens with zero attached hydrogens (tertiary/aromatic N) is 1. The summed E-state index contributed by atoms with van der Waals surface area (Å²) in [5.74, 6) is -1.91. The first-order valence-corrected chi connectivity index (χ1v) is 12.5. The summed E-state index contributed by atoms with van der Waals surface area (Å²) >= 11 is 11.7. The van der Waals surface area contributed by atoms with Gasteiger partial charge in [-0.05, 0) is 84.4 Å². The third-order valence-electron chi connectivity index (χ3n) is 5.74. The smallest absolute Gasteiger partial charge is 0.270 e. The summed E-state index contributed by atoms with van der Waals surface area (Å²) < 4.78 is 24.0. The second kappa shape index (κ2) is 12.1. The minimum absolute atomic E-state index is 0.0235. The van der Waals surface area contributed by atoms with Crippen molar-refractivity contribution >= 4 is 64.1 Å². The van der Waals surface area contributed by atoms with E-state index in [0.717, 1.165) is 12.0 Å². The maximum atomic E-state index is 13.3. The third kappa shape index (κ3) is 6.42. The number of hydrogen-bond acceptors (Lipinski definition) is 6. The Kier molecular flexibility index (Phi) is 8.58. The molecular weight excluding hydrogens is 545 g/mol. The monoisotopic (exact) mass is 567 g/mol. The van der Waals surface area contributed by atoms with Crippen LogP contribution < -0.4 is 25.0 Å². The van der Waals surface area contributed by atoms with Crippen LogP contribution in [-0.2, 0) is 20.8 Å². The molecule has 8 nitrogen and oxygen atoms in total. The Morgan fingerprint density at radius 1 is 1.13 bits per heavy atom. The molecule has 39 heavy (non-hydrogen) atoms. The van der Waals surface area contributed by atoms with Gasteiger partial charge in [0, 0.05) is 5.69 Å². The lowest BCUT2D eigenvalue weighted by molar-refractivity contribution is -0.122. The highest BCUT2D eigenvalue weighted by atomic mass is 35.5. The molecule has 0 aliphatic carbocycles. The molecule has 1 fully saturated rings. The number of aryl methyl sites for hydroxylation is 1. The van der Waals surface area contributed by atoms with Crippen LogP contribution in [0.5, 0.6) is 11.5 Å². The topological polar surface area (TPSA) is 97.0 Å². The van der Waals surface area contributed by atoms with E-state index in [1.165, 1.54) is 54.5 Å². The van der Waals surface area contributed by atoms with E-state index in [9.17, 15) is 18.8 Å². The molecule has 0 spiro atoms. The standard InChI is InChI=1S/C28H23ClFN3O5S/c1-3-16-4-10-20(11-5-16)33-27(36)21(26(35)32-28(33)39)12-17-13-22(29)25(23(14-17)37-2)38-15-24(34)31-19-8-6-18(30)7-9-19/h4-14H,3,15H2,1-2H3,(H,31,34)(H,32,35,39)/b21-12+. The molecule has 11 heteroatoms. The van der Waals surface area contributed by atoms with Gasteiger partial charge in [0.1, 0.15) is 11.4 Å². The summed E-state index contributed by atoms with van der Waals surface area (Å²) in [6, 6.07) is 15.5. The second-order valence-electron chi connectivity index (χ2n) is 8.36. The zero-order valence-corrected chi connectivity index (χ0v) is 22.5. The van der Waals surface area contributed by atoms with Crippen molar-refractivity contribution in [3.8, 4) is 11.5 Å². The highest BCUT2D eigenvalue weighted by Crippen LogP contribution is 2.37. The van der Waals surface area contributed by atoms with Gasteiger partial charge in [-0.15, -0.1) is 0 Å². The summed E-state index contributed by atoms with van der Waals surface area (Å²) in [5.41, 5.74) is 2.23. The maximum absolute atomic E-state index is 13.3. The highest BCUT2D eigenvalue weighted by Gasteiger charge is 2.34.